The highest BCUT2D eigenvalue weighted by atomic mass is 35.5. The standard InChI is InChI=1S/C19H13Cl2NO2/c20-16-8-6-15(17(21)11-16)12-24-18(23)9-7-14-4-1-3-13-5-2-10-22-19(13)14/h1-11H,12H2. The van der Waals surface area contributed by atoms with Gasteiger partial charge in [-0.1, -0.05) is 53.5 Å². The molecule has 0 amide bonds. The number of benzene rings is 2. The molecule has 120 valence electrons. The number of ether oxygens (including phenoxy) is 1. The monoisotopic (exact) mass is 357 g/mol. The molecule has 2 aromatic carbocycles. The van der Waals surface area contributed by atoms with Crippen LogP contribution in [0.4, 0.5) is 0 Å². The van der Waals surface area contributed by atoms with Crippen LogP contribution in [-0.2, 0) is 16.1 Å². The van der Waals surface area contributed by atoms with Gasteiger partial charge in [0, 0.05) is 38.8 Å². The lowest BCUT2D eigenvalue weighted by atomic mass is 10.1. The first-order valence-corrected chi connectivity index (χ1v) is 8.01. The number of halogens is 2. The number of carbonyl (C=O) groups is 1. The van der Waals surface area contributed by atoms with Gasteiger partial charge < -0.3 is 4.74 Å². The van der Waals surface area contributed by atoms with Crippen molar-refractivity contribution < 1.29 is 9.53 Å². The Morgan fingerprint density at radius 1 is 1.12 bits per heavy atom. The second-order valence-electron chi connectivity index (χ2n) is 5.10. The van der Waals surface area contributed by atoms with Crippen molar-refractivity contribution in [3.63, 3.8) is 0 Å². The van der Waals surface area contributed by atoms with Gasteiger partial charge in [-0.2, -0.15) is 0 Å². The van der Waals surface area contributed by atoms with Crippen LogP contribution in [0.5, 0.6) is 0 Å². The Morgan fingerprint density at radius 3 is 2.79 bits per heavy atom. The molecular formula is C19H13Cl2NO2. The molecule has 3 rings (SSSR count). The molecule has 3 aromatic rings. The fourth-order valence-corrected chi connectivity index (χ4v) is 2.72. The second-order valence-corrected chi connectivity index (χ2v) is 5.94. The van der Waals surface area contributed by atoms with Gasteiger partial charge in [0.2, 0.25) is 0 Å². The van der Waals surface area contributed by atoms with Crippen molar-refractivity contribution in [2.45, 2.75) is 6.61 Å². The summed E-state index contributed by atoms with van der Waals surface area (Å²) in [4.78, 5) is 16.2. The molecule has 0 aliphatic rings. The van der Waals surface area contributed by atoms with Crippen molar-refractivity contribution in [2.75, 3.05) is 0 Å². The molecule has 1 heterocycles. The van der Waals surface area contributed by atoms with Crippen LogP contribution >= 0.6 is 23.2 Å². The number of aromatic nitrogens is 1. The molecule has 24 heavy (non-hydrogen) atoms. The van der Waals surface area contributed by atoms with Gasteiger partial charge in [0.15, 0.2) is 0 Å². The van der Waals surface area contributed by atoms with Gasteiger partial charge in [-0.05, 0) is 24.3 Å². The highest BCUT2D eigenvalue weighted by molar-refractivity contribution is 6.35. The fourth-order valence-electron chi connectivity index (χ4n) is 2.26. The summed E-state index contributed by atoms with van der Waals surface area (Å²) in [5.41, 5.74) is 2.40. The molecule has 0 bridgehead atoms. The Morgan fingerprint density at radius 2 is 1.96 bits per heavy atom. The van der Waals surface area contributed by atoms with Crippen molar-refractivity contribution in [3.05, 3.63) is 82.0 Å². The van der Waals surface area contributed by atoms with Crippen molar-refractivity contribution in [2.24, 2.45) is 0 Å². The van der Waals surface area contributed by atoms with Gasteiger partial charge in [-0.15, -0.1) is 0 Å². The van der Waals surface area contributed by atoms with E-state index in [0.29, 0.717) is 15.6 Å². The van der Waals surface area contributed by atoms with E-state index in [1.165, 1.54) is 6.08 Å². The van der Waals surface area contributed by atoms with Crippen LogP contribution in [0, 0.1) is 0 Å². The number of para-hydroxylation sites is 1. The van der Waals surface area contributed by atoms with E-state index in [1.54, 1.807) is 30.5 Å². The van der Waals surface area contributed by atoms with Crippen molar-refractivity contribution in [1.29, 1.82) is 0 Å². The lowest BCUT2D eigenvalue weighted by Gasteiger charge is -2.05. The van der Waals surface area contributed by atoms with Gasteiger partial charge in [-0.25, -0.2) is 4.79 Å². The third-order valence-corrected chi connectivity index (χ3v) is 4.03. The molecule has 0 saturated heterocycles. The Hall–Kier alpha value is -2.36. The SMILES string of the molecule is O=C(C=Cc1cccc2cccnc12)OCc1ccc(Cl)cc1Cl. The number of hydrogen-bond donors (Lipinski definition) is 0. The largest absolute Gasteiger partial charge is 0.458 e. The van der Waals surface area contributed by atoms with Crippen molar-refractivity contribution in [1.82, 2.24) is 4.98 Å². The topological polar surface area (TPSA) is 39.2 Å². The van der Waals surface area contributed by atoms with Gasteiger partial charge in [0.1, 0.15) is 6.61 Å². The zero-order chi connectivity index (χ0) is 16.9. The average molecular weight is 358 g/mol. The first kappa shape index (κ1) is 16.5. The highest BCUT2D eigenvalue weighted by Gasteiger charge is 2.05. The molecule has 0 atom stereocenters. The molecule has 0 aliphatic carbocycles. The summed E-state index contributed by atoms with van der Waals surface area (Å²) in [5, 5.41) is 2.02. The first-order valence-electron chi connectivity index (χ1n) is 7.26. The van der Waals surface area contributed by atoms with Crippen LogP contribution in [0.1, 0.15) is 11.1 Å². The summed E-state index contributed by atoms with van der Waals surface area (Å²) < 4.78 is 5.21. The molecule has 0 aliphatic heterocycles. The summed E-state index contributed by atoms with van der Waals surface area (Å²) in [6.07, 6.45) is 4.80. The normalized spacial score (nSPS) is 11.1. The molecule has 0 radical (unpaired) electrons. The zero-order valence-corrected chi connectivity index (χ0v) is 14.1. The molecule has 3 nitrogen and oxygen atoms in total. The van der Waals surface area contributed by atoms with Crippen LogP contribution in [0.25, 0.3) is 17.0 Å². The lowest BCUT2D eigenvalue weighted by molar-refractivity contribution is -0.138. The molecule has 0 unspecified atom stereocenters. The maximum absolute atomic E-state index is 11.9. The molecular weight excluding hydrogens is 345 g/mol. The van der Waals surface area contributed by atoms with Crippen LogP contribution in [0.15, 0.2) is 60.8 Å². The highest BCUT2D eigenvalue weighted by Crippen LogP contribution is 2.22. The van der Waals surface area contributed by atoms with E-state index in [4.69, 9.17) is 27.9 Å². The lowest BCUT2D eigenvalue weighted by Crippen LogP contribution is -2.01. The van der Waals surface area contributed by atoms with Crippen LogP contribution in [-0.4, -0.2) is 11.0 Å². The number of fused-ring (bicyclic) bond motifs is 1. The summed E-state index contributed by atoms with van der Waals surface area (Å²) in [6.45, 7) is 0.0902. The van der Waals surface area contributed by atoms with Crippen LogP contribution < -0.4 is 0 Å². The van der Waals surface area contributed by atoms with Gasteiger partial charge >= 0.3 is 5.97 Å². The molecule has 0 N–H and O–H groups in total. The molecule has 1 aromatic heterocycles. The zero-order valence-electron chi connectivity index (χ0n) is 12.6. The van der Waals surface area contributed by atoms with Crippen molar-refractivity contribution >= 4 is 46.2 Å². The summed E-state index contributed by atoms with van der Waals surface area (Å²) >= 11 is 11.9. The second kappa shape index (κ2) is 7.47. The predicted octanol–water partition coefficient (Wildman–Crippen LogP) is 5.30. The predicted molar refractivity (Wildman–Crippen MR) is 97.0 cm³/mol. The van der Waals surface area contributed by atoms with Crippen LogP contribution in [0.3, 0.4) is 0 Å². The Labute approximate surface area is 149 Å². The fraction of sp³-hybridized carbons (Fsp3) is 0.0526. The quantitative estimate of drug-likeness (QED) is 0.469. The number of nitrogens with zero attached hydrogens (tertiary/aromatic N) is 1. The minimum atomic E-state index is -0.450. The maximum Gasteiger partial charge on any atom is 0.331 e. The van der Waals surface area contributed by atoms with E-state index in [0.717, 1.165) is 16.5 Å². The summed E-state index contributed by atoms with van der Waals surface area (Å²) in [6, 6.07) is 14.7. The van der Waals surface area contributed by atoms with E-state index < -0.39 is 5.97 Å². The van der Waals surface area contributed by atoms with E-state index in [2.05, 4.69) is 4.98 Å². The molecule has 0 spiro atoms. The van der Waals surface area contributed by atoms with Gasteiger partial charge in [0.05, 0.1) is 5.52 Å². The molecule has 0 saturated carbocycles. The molecule has 0 fully saturated rings. The van der Waals surface area contributed by atoms with E-state index in [-0.39, 0.29) is 6.61 Å². The minimum Gasteiger partial charge on any atom is -0.458 e. The smallest absolute Gasteiger partial charge is 0.331 e. The van der Waals surface area contributed by atoms with E-state index in [9.17, 15) is 4.79 Å². The van der Waals surface area contributed by atoms with Crippen molar-refractivity contribution in [3.8, 4) is 0 Å². The third kappa shape index (κ3) is 3.94. The van der Waals surface area contributed by atoms with E-state index >= 15 is 0 Å². The average Bonchev–Trinajstić information content (AvgIpc) is 2.59. The summed E-state index contributed by atoms with van der Waals surface area (Å²) in [7, 11) is 0. The van der Waals surface area contributed by atoms with E-state index in [1.807, 2.05) is 30.3 Å². The number of carbonyl (C=O) groups excluding carboxylic acids is 1. The third-order valence-electron chi connectivity index (χ3n) is 3.45. The molecule has 5 heteroatoms. The number of pyridine rings is 1. The Balaban J connectivity index is 1.69. The number of esters is 1. The maximum atomic E-state index is 11.9. The summed E-state index contributed by atoms with van der Waals surface area (Å²) in [5.74, 6) is -0.450. The Bertz CT molecular complexity index is 917. The van der Waals surface area contributed by atoms with Crippen LogP contribution in [0.2, 0.25) is 10.0 Å². The minimum absolute atomic E-state index is 0.0902. The number of rotatable bonds is 4. The van der Waals surface area contributed by atoms with Gasteiger partial charge in [0.25, 0.3) is 0 Å². The Kier molecular flexibility index (Phi) is 5.14. The number of hydrogen-bond acceptors (Lipinski definition) is 3. The van der Waals surface area contributed by atoms with Gasteiger partial charge in [-0.3, -0.25) is 4.98 Å². The first-order chi connectivity index (χ1) is 11.6.